The second-order valence-corrected chi connectivity index (χ2v) is 9.40. The Labute approximate surface area is 161 Å². The number of hydrogen-bond donors (Lipinski definition) is 0. The number of rotatable bonds is 5. The lowest BCUT2D eigenvalue weighted by Crippen LogP contribution is -2.58. The molecule has 6 heteroatoms. The van der Waals surface area contributed by atoms with Gasteiger partial charge in [0.1, 0.15) is 11.8 Å². The molecule has 27 heavy (non-hydrogen) atoms. The van der Waals surface area contributed by atoms with Crippen LogP contribution in [0.2, 0.25) is 0 Å². The minimum Gasteiger partial charge on any atom is -0.372 e. The molecule has 2 amide bonds. The Morgan fingerprint density at radius 2 is 1.78 bits per heavy atom. The summed E-state index contributed by atoms with van der Waals surface area (Å²) < 4.78 is 19.8. The fraction of sp³-hybridized carbons (Fsp3) is 0.905. The van der Waals surface area contributed by atoms with Gasteiger partial charge in [0, 0.05) is 33.3 Å². The van der Waals surface area contributed by atoms with E-state index >= 15 is 0 Å². The maximum absolute atomic E-state index is 14.5. The topological polar surface area (TPSA) is 49.9 Å². The Bertz CT molecular complexity index is 592. The molecule has 152 valence electrons. The maximum Gasteiger partial charge on any atom is 0.251 e. The first-order chi connectivity index (χ1) is 12.9. The number of amides is 2. The number of methoxy groups -OCH3 is 1. The molecule has 5 nitrogen and oxygen atoms in total. The second-order valence-electron chi connectivity index (χ2n) is 9.40. The highest BCUT2D eigenvalue weighted by Crippen LogP contribution is 2.59. The number of nitrogens with zero attached hydrogens (tertiary/aromatic N) is 2. The van der Waals surface area contributed by atoms with Crippen molar-refractivity contribution in [3.8, 4) is 0 Å². The predicted octanol–water partition coefficient (Wildman–Crippen LogP) is 2.78. The molecule has 2 saturated carbocycles. The lowest BCUT2D eigenvalue weighted by atomic mass is 9.78. The summed E-state index contributed by atoms with van der Waals surface area (Å²) in [6.07, 6.45) is 5.53. The zero-order valence-electron chi connectivity index (χ0n) is 16.7. The van der Waals surface area contributed by atoms with Gasteiger partial charge >= 0.3 is 0 Å². The minimum atomic E-state index is -1.07. The van der Waals surface area contributed by atoms with Crippen LogP contribution in [-0.4, -0.2) is 66.7 Å². The largest absolute Gasteiger partial charge is 0.372 e. The summed E-state index contributed by atoms with van der Waals surface area (Å²) in [6.45, 7) is 5.13. The SMILES string of the molecule is CCC(OC)C(=O)N1CC(C2CCCN(C(=O)C34CCC(F)(CC3)C4)C2)C1. The van der Waals surface area contributed by atoms with Crippen molar-refractivity contribution in [3.63, 3.8) is 0 Å². The van der Waals surface area contributed by atoms with Gasteiger partial charge in [0.25, 0.3) is 5.91 Å². The number of carbonyl (C=O) groups is 2. The molecule has 4 fully saturated rings. The van der Waals surface area contributed by atoms with Gasteiger partial charge in [-0.05, 0) is 63.2 Å². The summed E-state index contributed by atoms with van der Waals surface area (Å²) >= 11 is 0. The van der Waals surface area contributed by atoms with E-state index in [9.17, 15) is 14.0 Å². The molecule has 2 saturated heterocycles. The third-order valence-corrected chi connectivity index (χ3v) is 7.78. The van der Waals surface area contributed by atoms with Crippen molar-refractivity contribution < 1.29 is 18.7 Å². The van der Waals surface area contributed by atoms with Crippen LogP contribution in [0.1, 0.15) is 58.3 Å². The molecule has 0 N–H and O–H groups in total. The van der Waals surface area contributed by atoms with Crippen LogP contribution < -0.4 is 0 Å². The molecule has 0 aromatic heterocycles. The van der Waals surface area contributed by atoms with Gasteiger partial charge in [-0.1, -0.05) is 6.92 Å². The second kappa shape index (κ2) is 7.02. The van der Waals surface area contributed by atoms with Crippen LogP contribution in [0.4, 0.5) is 4.39 Å². The average molecular weight is 381 g/mol. The number of fused-ring (bicyclic) bond motifs is 2. The summed E-state index contributed by atoms with van der Waals surface area (Å²) in [5, 5.41) is 0. The summed E-state index contributed by atoms with van der Waals surface area (Å²) in [6, 6.07) is 0. The van der Waals surface area contributed by atoms with E-state index in [0.717, 1.165) is 51.9 Å². The number of alkyl halides is 1. The van der Waals surface area contributed by atoms with E-state index in [4.69, 9.17) is 4.74 Å². The summed E-state index contributed by atoms with van der Waals surface area (Å²) in [7, 11) is 1.59. The van der Waals surface area contributed by atoms with Crippen molar-refractivity contribution in [1.82, 2.24) is 9.80 Å². The Hall–Kier alpha value is -1.17. The number of hydrogen-bond acceptors (Lipinski definition) is 3. The molecule has 2 aliphatic carbocycles. The van der Waals surface area contributed by atoms with Crippen molar-refractivity contribution in [1.29, 1.82) is 0 Å². The third-order valence-electron chi connectivity index (χ3n) is 7.78. The lowest BCUT2D eigenvalue weighted by Gasteiger charge is -2.48. The monoisotopic (exact) mass is 380 g/mol. The molecule has 2 bridgehead atoms. The fourth-order valence-electron chi connectivity index (χ4n) is 5.98. The zero-order valence-corrected chi connectivity index (χ0v) is 16.7. The molecular weight excluding hydrogens is 347 g/mol. The summed E-state index contributed by atoms with van der Waals surface area (Å²) in [5.74, 6) is 1.24. The molecule has 2 atom stereocenters. The quantitative estimate of drug-likeness (QED) is 0.737. The Kier molecular flexibility index (Phi) is 4.98. The molecule has 0 spiro atoms. The zero-order chi connectivity index (χ0) is 19.2. The van der Waals surface area contributed by atoms with Crippen molar-refractivity contribution in [2.75, 3.05) is 33.3 Å². The van der Waals surface area contributed by atoms with Crippen LogP contribution >= 0.6 is 0 Å². The highest BCUT2D eigenvalue weighted by molar-refractivity contribution is 5.84. The first kappa shape index (κ1) is 19.2. The number of likely N-dealkylation sites (tertiary alicyclic amines) is 2. The van der Waals surface area contributed by atoms with Crippen molar-refractivity contribution in [3.05, 3.63) is 0 Å². The van der Waals surface area contributed by atoms with E-state index in [1.54, 1.807) is 7.11 Å². The molecule has 0 radical (unpaired) electrons. The molecular formula is C21H33FN2O3. The number of carbonyl (C=O) groups excluding carboxylic acids is 2. The summed E-state index contributed by atoms with van der Waals surface area (Å²) in [4.78, 5) is 29.5. The van der Waals surface area contributed by atoms with Crippen LogP contribution in [0.5, 0.6) is 0 Å². The van der Waals surface area contributed by atoms with Gasteiger partial charge in [-0.25, -0.2) is 4.39 Å². The standard InChI is InChI=1S/C21H33FN2O3/c1-3-17(27-2)18(25)24-12-16(13-24)15-5-4-10-23(11-15)19(26)20-6-8-21(22,14-20)9-7-20/h15-17H,3-14H2,1-2H3. The van der Waals surface area contributed by atoms with E-state index < -0.39 is 11.1 Å². The van der Waals surface area contributed by atoms with E-state index in [1.165, 1.54) is 0 Å². The molecule has 4 aliphatic rings. The van der Waals surface area contributed by atoms with Gasteiger partial charge < -0.3 is 14.5 Å². The van der Waals surface area contributed by atoms with E-state index in [2.05, 4.69) is 0 Å². The predicted molar refractivity (Wildman–Crippen MR) is 99.8 cm³/mol. The van der Waals surface area contributed by atoms with Crippen LogP contribution in [0.25, 0.3) is 0 Å². The number of halogens is 1. The minimum absolute atomic E-state index is 0.0927. The van der Waals surface area contributed by atoms with Crippen LogP contribution in [0, 0.1) is 17.3 Å². The molecule has 0 aromatic carbocycles. The van der Waals surface area contributed by atoms with Crippen molar-refractivity contribution >= 4 is 11.8 Å². The smallest absolute Gasteiger partial charge is 0.251 e. The first-order valence-corrected chi connectivity index (χ1v) is 10.7. The van der Waals surface area contributed by atoms with Gasteiger partial charge in [0.05, 0.1) is 5.41 Å². The summed E-state index contributed by atoms with van der Waals surface area (Å²) in [5.41, 5.74) is -1.48. The molecule has 0 aromatic rings. The van der Waals surface area contributed by atoms with Crippen molar-refractivity contribution in [2.45, 2.75) is 70.1 Å². The maximum atomic E-state index is 14.5. The van der Waals surface area contributed by atoms with E-state index in [-0.39, 0.29) is 17.9 Å². The molecule has 2 aliphatic heterocycles. The van der Waals surface area contributed by atoms with Gasteiger partial charge in [-0.15, -0.1) is 0 Å². The Morgan fingerprint density at radius 1 is 1.11 bits per heavy atom. The molecule has 2 heterocycles. The van der Waals surface area contributed by atoms with Gasteiger partial charge in [0.15, 0.2) is 0 Å². The average Bonchev–Trinajstić information content (AvgIpc) is 3.16. The van der Waals surface area contributed by atoms with Gasteiger partial charge in [0.2, 0.25) is 5.91 Å². The van der Waals surface area contributed by atoms with Gasteiger partial charge in [-0.3, -0.25) is 9.59 Å². The highest BCUT2D eigenvalue weighted by Gasteiger charge is 2.59. The van der Waals surface area contributed by atoms with Crippen LogP contribution in [-0.2, 0) is 14.3 Å². The normalized spacial score (nSPS) is 37.4. The first-order valence-electron chi connectivity index (χ1n) is 10.7. The highest BCUT2D eigenvalue weighted by atomic mass is 19.1. The van der Waals surface area contributed by atoms with Crippen molar-refractivity contribution in [2.24, 2.45) is 17.3 Å². The molecule has 2 unspecified atom stereocenters. The lowest BCUT2D eigenvalue weighted by molar-refractivity contribution is -0.153. The van der Waals surface area contributed by atoms with E-state index in [0.29, 0.717) is 37.5 Å². The fourth-order valence-corrected chi connectivity index (χ4v) is 5.98. The Morgan fingerprint density at radius 3 is 2.33 bits per heavy atom. The van der Waals surface area contributed by atoms with Gasteiger partial charge in [-0.2, -0.15) is 0 Å². The van der Waals surface area contributed by atoms with E-state index in [1.807, 2.05) is 16.7 Å². The van der Waals surface area contributed by atoms with Crippen LogP contribution in [0.3, 0.4) is 0 Å². The number of ether oxygens (including phenoxy) is 1. The number of piperidine rings is 1. The molecule has 4 rings (SSSR count). The third kappa shape index (κ3) is 3.28. The van der Waals surface area contributed by atoms with Crippen LogP contribution in [0.15, 0.2) is 0 Å². The Balaban J connectivity index is 1.32.